The van der Waals surface area contributed by atoms with Crippen LogP contribution < -0.4 is 5.73 Å². The maximum atomic E-state index is 6.53. The number of rotatable bonds is 3. The van der Waals surface area contributed by atoms with Crippen LogP contribution in [0, 0.1) is 25.7 Å². The highest BCUT2D eigenvalue weighted by molar-refractivity contribution is 9.10. The zero-order valence-electron chi connectivity index (χ0n) is 12.4. The minimum Gasteiger partial charge on any atom is -0.324 e. The molecule has 19 heavy (non-hydrogen) atoms. The Morgan fingerprint density at radius 2 is 1.68 bits per heavy atom. The number of hydrogen-bond acceptors (Lipinski definition) is 1. The van der Waals surface area contributed by atoms with Crippen molar-refractivity contribution in [3.8, 4) is 0 Å². The van der Waals surface area contributed by atoms with Crippen molar-refractivity contribution >= 4 is 15.9 Å². The van der Waals surface area contributed by atoms with Gasteiger partial charge in [0.15, 0.2) is 0 Å². The highest BCUT2D eigenvalue weighted by atomic mass is 79.9. The molecule has 1 nitrogen and oxygen atoms in total. The molecule has 1 aromatic rings. The summed E-state index contributed by atoms with van der Waals surface area (Å²) in [6.45, 7) is 6.62. The molecule has 0 aliphatic heterocycles. The van der Waals surface area contributed by atoms with Crippen molar-refractivity contribution in [3.05, 3.63) is 33.3 Å². The molecule has 2 N–H and O–H groups in total. The van der Waals surface area contributed by atoms with Gasteiger partial charge in [0.1, 0.15) is 0 Å². The number of aryl methyl sites for hydroxylation is 2. The fraction of sp³-hybridized carbons (Fsp3) is 0.647. The Bertz CT molecular complexity index is 410. The summed E-state index contributed by atoms with van der Waals surface area (Å²) in [6, 6.07) is 4.73. The average molecular weight is 324 g/mol. The highest BCUT2D eigenvalue weighted by Crippen LogP contribution is 2.37. The third-order valence-corrected chi connectivity index (χ3v) is 6.07. The standard InChI is InChI=1S/C17H26BrN/c1-4-13-5-7-14(8-6-13)17(19)15-9-11(2)16(18)12(3)10-15/h9-10,13-14,17H,4-8,19H2,1-3H3. The normalized spacial score (nSPS) is 25.3. The van der Waals surface area contributed by atoms with E-state index in [4.69, 9.17) is 5.73 Å². The van der Waals surface area contributed by atoms with Crippen LogP contribution in [-0.4, -0.2) is 0 Å². The first kappa shape index (κ1) is 15.1. The van der Waals surface area contributed by atoms with E-state index in [0.29, 0.717) is 5.92 Å². The monoisotopic (exact) mass is 323 g/mol. The second kappa shape index (κ2) is 6.41. The molecule has 1 unspecified atom stereocenters. The first-order valence-electron chi connectivity index (χ1n) is 7.55. The Morgan fingerprint density at radius 1 is 1.16 bits per heavy atom. The summed E-state index contributed by atoms with van der Waals surface area (Å²) < 4.78 is 1.22. The van der Waals surface area contributed by atoms with Crippen LogP contribution >= 0.6 is 15.9 Å². The zero-order chi connectivity index (χ0) is 14.0. The van der Waals surface area contributed by atoms with Crippen LogP contribution in [0.2, 0.25) is 0 Å². The van der Waals surface area contributed by atoms with Crippen LogP contribution in [0.1, 0.15) is 61.8 Å². The molecule has 1 atom stereocenters. The van der Waals surface area contributed by atoms with E-state index in [1.54, 1.807) is 0 Å². The van der Waals surface area contributed by atoms with Gasteiger partial charge in [0.05, 0.1) is 0 Å². The lowest BCUT2D eigenvalue weighted by molar-refractivity contribution is 0.240. The molecule has 1 fully saturated rings. The molecule has 0 amide bonds. The molecule has 1 saturated carbocycles. The van der Waals surface area contributed by atoms with Crippen LogP contribution in [0.5, 0.6) is 0 Å². The largest absolute Gasteiger partial charge is 0.324 e. The van der Waals surface area contributed by atoms with Crippen molar-refractivity contribution in [2.75, 3.05) is 0 Å². The highest BCUT2D eigenvalue weighted by Gasteiger charge is 2.26. The lowest BCUT2D eigenvalue weighted by Crippen LogP contribution is -2.26. The summed E-state index contributed by atoms with van der Waals surface area (Å²) in [5, 5.41) is 0. The van der Waals surface area contributed by atoms with Crippen molar-refractivity contribution in [2.24, 2.45) is 17.6 Å². The second-order valence-electron chi connectivity index (χ2n) is 6.18. The van der Waals surface area contributed by atoms with Gasteiger partial charge in [-0.05, 0) is 55.2 Å². The summed E-state index contributed by atoms with van der Waals surface area (Å²) in [6.07, 6.45) is 6.66. The minimum atomic E-state index is 0.211. The van der Waals surface area contributed by atoms with Gasteiger partial charge < -0.3 is 5.73 Å². The number of benzene rings is 1. The van der Waals surface area contributed by atoms with Crippen LogP contribution in [0.4, 0.5) is 0 Å². The zero-order valence-corrected chi connectivity index (χ0v) is 14.0. The van der Waals surface area contributed by atoms with Crippen molar-refractivity contribution in [2.45, 2.75) is 58.9 Å². The molecular weight excluding hydrogens is 298 g/mol. The first-order valence-corrected chi connectivity index (χ1v) is 8.34. The van der Waals surface area contributed by atoms with E-state index in [-0.39, 0.29) is 6.04 Å². The quantitative estimate of drug-likeness (QED) is 0.804. The third kappa shape index (κ3) is 3.41. The van der Waals surface area contributed by atoms with Gasteiger partial charge in [-0.2, -0.15) is 0 Å². The van der Waals surface area contributed by atoms with Crippen molar-refractivity contribution in [3.63, 3.8) is 0 Å². The number of nitrogens with two attached hydrogens (primary N) is 1. The van der Waals surface area contributed by atoms with Crippen LogP contribution in [-0.2, 0) is 0 Å². The Hall–Kier alpha value is -0.340. The second-order valence-corrected chi connectivity index (χ2v) is 6.98. The lowest BCUT2D eigenvalue weighted by atomic mass is 9.76. The van der Waals surface area contributed by atoms with Crippen molar-refractivity contribution < 1.29 is 0 Å². The van der Waals surface area contributed by atoms with Crippen molar-refractivity contribution in [1.29, 1.82) is 0 Å². The molecule has 2 rings (SSSR count). The van der Waals surface area contributed by atoms with Gasteiger partial charge in [-0.1, -0.05) is 54.2 Å². The van der Waals surface area contributed by atoms with E-state index in [1.165, 1.54) is 53.3 Å². The molecule has 106 valence electrons. The molecule has 0 radical (unpaired) electrons. The molecule has 0 spiro atoms. The summed E-state index contributed by atoms with van der Waals surface area (Å²) in [4.78, 5) is 0. The van der Waals surface area contributed by atoms with Gasteiger partial charge in [0, 0.05) is 10.5 Å². The predicted octanol–water partition coefficient (Wildman–Crippen LogP) is 5.28. The maximum Gasteiger partial charge on any atom is 0.0323 e. The van der Waals surface area contributed by atoms with Gasteiger partial charge in [-0.25, -0.2) is 0 Å². The van der Waals surface area contributed by atoms with Gasteiger partial charge in [0.25, 0.3) is 0 Å². The van der Waals surface area contributed by atoms with E-state index in [0.717, 1.165) is 5.92 Å². The number of hydrogen-bond donors (Lipinski definition) is 1. The summed E-state index contributed by atoms with van der Waals surface area (Å²) in [5.74, 6) is 1.61. The van der Waals surface area contributed by atoms with E-state index in [9.17, 15) is 0 Å². The Labute approximate surface area is 126 Å². The molecule has 0 heterocycles. The van der Waals surface area contributed by atoms with E-state index >= 15 is 0 Å². The average Bonchev–Trinajstić information content (AvgIpc) is 2.43. The summed E-state index contributed by atoms with van der Waals surface area (Å²) in [7, 11) is 0. The summed E-state index contributed by atoms with van der Waals surface area (Å²) in [5.41, 5.74) is 10.4. The molecule has 1 aromatic carbocycles. The van der Waals surface area contributed by atoms with Crippen LogP contribution in [0.15, 0.2) is 16.6 Å². The lowest BCUT2D eigenvalue weighted by Gasteiger charge is -2.32. The Kier molecular flexibility index (Phi) is 5.08. The van der Waals surface area contributed by atoms with Gasteiger partial charge in [0.2, 0.25) is 0 Å². The molecule has 0 aromatic heterocycles. The molecule has 1 aliphatic carbocycles. The molecule has 2 heteroatoms. The molecule has 0 saturated heterocycles. The predicted molar refractivity (Wildman–Crippen MR) is 86.3 cm³/mol. The Morgan fingerprint density at radius 3 is 2.16 bits per heavy atom. The summed E-state index contributed by atoms with van der Waals surface area (Å²) >= 11 is 3.63. The third-order valence-electron chi connectivity index (χ3n) is 4.82. The molecule has 1 aliphatic rings. The fourth-order valence-corrected chi connectivity index (χ4v) is 3.63. The smallest absolute Gasteiger partial charge is 0.0323 e. The maximum absolute atomic E-state index is 6.53. The molecular formula is C17H26BrN. The topological polar surface area (TPSA) is 26.0 Å². The van der Waals surface area contributed by atoms with Gasteiger partial charge >= 0.3 is 0 Å². The van der Waals surface area contributed by atoms with Gasteiger partial charge in [-0.15, -0.1) is 0 Å². The number of halogens is 1. The van der Waals surface area contributed by atoms with Gasteiger partial charge in [-0.3, -0.25) is 0 Å². The minimum absolute atomic E-state index is 0.211. The Balaban J connectivity index is 2.10. The van der Waals surface area contributed by atoms with E-state index in [1.807, 2.05) is 0 Å². The fourth-order valence-electron chi connectivity index (χ4n) is 3.40. The van der Waals surface area contributed by atoms with E-state index in [2.05, 4.69) is 48.8 Å². The van der Waals surface area contributed by atoms with E-state index < -0.39 is 0 Å². The van der Waals surface area contributed by atoms with Crippen molar-refractivity contribution in [1.82, 2.24) is 0 Å². The van der Waals surface area contributed by atoms with Crippen LogP contribution in [0.25, 0.3) is 0 Å². The van der Waals surface area contributed by atoms with Crippen LogP contribution in [0.3, 0.4) is 0 Å². The molecule has 0 bridgehead atoms. The first-order chi connectivity index (χ1) is 9.02. The SMILES string of the molecule is CCC1CCC(C(N)c2cc(C)c(Br)c(C)c2)CC1.